The average Bonchev–Trinajstić information content (AvgIpc) is 2.27. The molecule has 3 nitrogen and oxygen atoms in total. The summed E-state index contributed by atoms with van der Waals surface area (Å²) in [6.07, 6.45) is 2.50. The van der Waals surface area contributed by atoms with Crippen LogP contribution in [-0.2, 0) is 0 Å². The number of rotatable bonds is 4. The predicted octanol–water partition coefficient (Wildman–Crippen LogP) is 2.81. The monoisotopic (exact) mass is 220 g/mol. The summed E-state index contributed by atoms with van der Waals surface area (Å²) in [5, 5.41) is 8.83. The third-order valence-corrected chi connectivity index (χ3v) is 3.34. The minimum Gasteiger partial charge on any atom is -0.493 e. The lowest BCUT2D eigenvalue weighted by atomic mass is 9.75. The molecule has 0 unspecified atom stereocenters. The van der Waals surface area contributed by atoms with Gasteiger partial charge in [0.1, 0.15) is 5.75 Å². The zero-order chi connectivity index (χ0) is 11.5. The van der Waals surface area contributed by atoms with Crippen LogP contribution in [0.15, 0.2) is 24.3 Å². The van der Waals surface area contributed by atoms with E-state index in [1.807, 2.05) is 0 Å². The average molecular weight is 220 g/mol. The third kappa shape index (κ3) is 2.35. The molecule has 3 heteroatoms. The summed E-state index contributed by atoms with van der Waals surface area (Å²) in [5.41, 5.74) is 0.277. The van der Waals surface area contributed by atoms with Gasteiger partial charge in [0.25, 0.3) is 0 Å². The summed E-state index contributed by atoms with van der Waals surface area (Å²) in [7, 11) is 0. The summed E-state index contributed by atoms with van der Waals surface area (Å²) >= 11 is 0. The van der Waals surface area contributed by atoms with E-state index in [4.69, 9.17) is 9.84 Å². The number of aromatic carboxylic acids is 1. The van der Waals surface area contributed by atoms with Gasteiger partial charge in [-0.1, -0.05) is 13.0 Å². The second-order valence-electron chi connectivity index (χ2n) is 4.46. The molecular formula is C13H16O3. The molecule has 1 saturated carbocycles. The topological polar surface area (TPSA) is 46.5 Å². The van der Waals surface area contributed by atoms with Crippen LogP contribution >= 0.6 is 0 Å². The Morgan fingerprint density at radius 1 is 1.50 bits per heavy atom. The van der Waals surface area contributed by atoms with E-state index in [2.05, 4.69) is 6.92 Å². The Hall–Kier alpha value is -1.51. The Kier molecular flexibility index (Phi) is 3.13. The maximum absolute atomic E-state index is 10.8. The highest BCUT2D eigenvalue weighted by Gasteiger charge is 2.27. The molecule has 1 aliphatic carbocycles. The largest absolute Gasteiger partial charge is 0.493 e. The molecule has 1 aliphatic rings. The van der Waals surface area contributed by atoms with Gasteiger partial charge >= 0.3 is 5.97 Å². The third-order valence-electron chi connectivity index (χ3n) is 3.34. The zero-order valence-corrected chi connectivity index (χ0v) is 9.35. The highest BCUT2D eigenvalue weighted by Crippen LogP contribution is 2.33. The Labute approximate surface area is 95.0 Å². The van der Waals surface area contributed by atoms with Gasteiger partial charge in [-0.15, -0.1) is 0 Å². The van der Waals surface area contributed by atoms with Crippen LogP contribution in [0.4, 0.5) is 0 Å². The van der Waals surface area contributed by atoms with Crippen molar-refractivity contribution < 1.29 is 14.6 Å². The molecule has 16 heavy (non-hydrogen) atoms. The van der Waals surface area contributed by atoms with Crippen molar-refractivity contribution in [3.05, 3.63) is 29.8 Å². The number of carbonyl (C=O) groups is 1. The number of carboxylic acids is 1. The van der Waals surface area contributed by atoms with E-state index in [0.29, 0.717) is 18.3 Å². The van der Waals surface area contributed by atoms with E-state index in [-0.39, 0.29) is 5.56 Å². The number of benzene rings is 1. The van der Waals surface area contributed by atoms with E-state index < -0.39 is 5.97 Å². The van der Waals surface area contributed by atoms with Crippen LogP contribution in [0, 0.1) is 11.8 Å². The van der Waals surface area contributed by atoms with Gasteiger partial charge in [-0.05, 0) is 42.9 Å². The minimum atomic E-state index is -0.914. The molecule has 1 aromatic rings. The fraction of sp³-hybridized carbons (Fsp3) is 0.462. The van der Waals surface area contributed by atoms with E-state index in [1.165, 1.54) is 12.8 Å². The molecule has 0 amide bonds. The van der Waals surface area contributed by atoms with Crippen molar-refractivity contribution in [3.63, 3.8) is 0 Å². The van der Waals surface area contributed by atoms with Crippen molar-refractivity contribution in [2.75, 3.05) is 6.61 Å². The Balaban J connectivity index is 1.93. The maximum atomic E-state index is 10.8. The van der Waals surface area contributed by atoms with E-state index in [0.717, 1.165) is 5.92 Å². The maximum Gasteiger partial charge on any atom is 0.335 e. The Morgan fingerprint density at radius 2 is 2.31 bits per heavy atom. The molecule has 0 saturated heterocycles. The summed E-state index contributed by atoms with van der Waals surface area (Å²) in [6, 6.07) is 6.66. The summed E-state index contributed by atoms with van der Waals surface area (Å²) in [5.74, 6) is 1.11. The first kappa shape index (κ1) is 11.0. The van der Waals surface area contributed by atoms with Crippen molar-refractivity contribution in [3.8, 4) is 5.75 Å². The normalized spacial score (nSPS) is 23.6. The molecule has 1 fully saturated rings. The van der Waals surface area contributed by atoms with E-state index in [1.54, 1.807) is 24.3 Å². The van der Waals surface area contributed by atoms with E-state index >= 15 is 0 Å². The van der Waals surface area contributed by atoms with Gasteiger partial charge in [0.15, 0.2) is 0 Å². The SMILES string of the molecule is C[C@H]1CC[C@H]1COc1cccc(C(=O)O)c1. The van der Waals surface area contributed by atoms with Gasteiger partial charge in [0.05, 0.1) is 12.2 Å². The first-order chi connectivity index (χ1) is 7.66. The molecule has 0 aliphatic heterocycles. The van der Waals surface area contributed by atoms with E-state index in [9.17, 15) is 4.79 Å². The quantitative estimate of drug-likeness (QED) is 0.848. The molecular weight excluding hydrogens is 204 g/mol. The molecule has 0 heterocycles. The van der Waals surface area contributed by atoms with Crippen LogP contribution in [0.3, 0.4) is 0 Å². The van der Waals surface area contributed by atoms with Crippen LogP contribution in [0.2, 0.25) is 0 Å². The summed E-state index contributed by atoms with van der Waals surface area (Å²) in [6.45, 7) is 2.93. The molecule has 2 rings (SSSR count). The number of carboxylic acid groups (broad SMARTS) is 1. The van der Waals surface area contributed by atoms with Gasteiger partial charge in [-0.25, -0.2) is 4.79 Å². The molecule has 1 N–H and O–H groups in total. The molecule has 0 bridgehead atoms. The predicted molar refractivity (Wildman–Crippen MR) is 60.8 cm³/mol. The van der Waals surface area contributed by atoms with Crippen LogP contribution < -0.4 is 4.74 Å². The van der Waals surface area contributed by atoms with Gasteiger partial charge in [0, 0.05) is 0 Å². The molecule has 0 radical (unpaired) electrons. The van der Waals surface area contributed by atoms with Crippen LogP contribution in [0.25, 0.3) is 0 Å². The standard InChI is InChI=1S/C13H16O3/c1-9-5-6-11(9)8-16-12-4-2-3-10(7-12)13(14)15/h2-4,7,9,11H,5-6,8H2,1H3,(H,14,15)/t9-,11-/m0/s1. The fourth-order valence-corrected chi connectivity index (χ4v) is 1.91. The van der Waals surface area contributed by atoms with Gasteiger partial charge < -0.3 is 9.84 Å². The lowest BCUT2D eigenvalue weighted by Crippen LogP contribution is -2.28. The number of hydrogen-bond acceptors (Lipinski definition) is 2. The molecule has 86 valence electrons. The molecule has 0 spiro atoms. The number of ether oxygens (including phenoxy) is 1. The summed E-state index contributed by atoms with van der Waals surface area (Å²) < 4.78 is 5.61. The minimum absolute atomic E-state index is 0.277. The van der Waals surface area contributed by atoms with Crippen LogP contribution in [0.1, 0.15) is 30.1 Å². The van der Waals surface area contributed by atoms with Gasteiger partial charge in [0.2, 0.25) is 0 Å². The Bertz CT molecular complexity index is 387. The van der Waals surface area contributed by atoms with Crippen LogP contribution in [-0.4, -0.2) is 17.7 Å². The first-order valence-electron chi connectivity index (χ1n) is 5.63. The van der Waals surface area contributed by atoms with Crippen LogP contribution in [0.5, 0.6) is 5.75 Å². The van der Waals surface area contributed by atoms with Crippen molar-refractivity contribution in [2.24, 2.45) is 11.8 Å². The smallest absolute Gasteiger partial charge is 0.335 e. The Morgan fingerprint density at radius 3 is 2.88 bits per heavy atom. The van der Waals surface area contributed by atoms with Crippen molar-refractivity contribution in [2.45, 2.75) is 19.8 Å². The molecule has 2 atom stereocenters. The van der Waals surface area contributed by atoms with Crippen molar-refractivity contribution in [1.82, 2.24) is 0 Å². The number of hydrogen-bond donors (Lipinski definition) is 1. The van der Waals surface area contributed by atoms with Crippen molar-refractivity contribution >= 4 is 5.97 Å². The van der Waals surface area contributed by atoms with Gasteiger partial charge in [-0.2, -0.15) is 0 Å². The fourth-order valence-electron chi connectivity index (χ4n) is 1.91. The summed E-state index contributed by atoms with van der Waals surface area (Å²) in [4.78, 5) is 10.8. The second-order valence-corrected chi connectivity index (χ2v) is 4.46. The second kappa shape index (κ2) is 4.56. The lowest BCUT2D eigenvalue weighted by molar-refractivity contribution is 0.0695. The zero-order valence-electron chi connectivity index (χ0n) is 9.35. The molecule has 1 aromatic carbocycles. The highest BCUT2D eigenvalue weighted by molar-refractivity contribution is 5.87. The lowest BCUT2D eigenvalue weighted by Gasteiger charge is -2.33. The first-order valence-corrected chi connectivity index (χ1v) is 5.63. The molecule has 0 aromatic heterocycles. The highest BCUT2D eigenvalue weighted by atomic mass is 16.5. The van der Waals surface area contributed by atoms with Crippen molar-refractivity contribution in [1.29, 1.82) is 0 Å². The van der Waals surface area contributed by atoms with Gasteiger partial charge in [-0.3, -0.25) is 0 Å².